The number of aryl methyl sites for hydroxylation is 1. The molecule has 1 unspecified atom stereocenters. The molecule has 0 saturated heterocycles. The Morgan fingerprint density at radius 2 is 1.90 bits per heavy atom. The molecule has 0 saturated carbocycles. The van der Waals surface area contributed by atoms with E-state index in [1.807, 2.05) is 6.07 Å². The van der Waals surface area contributed by atoms with E-state index in [1.54, 1.807) is 18.5 Å². The van der Waals surface area contributed by atoms with Crippen molar-refractivity contribution in [2.75, 3.05) is 0 Å². The van der Waals surface area contributed by atoms with Gasteiger partial charge in [-0.2, -0.15) is 13.2 Å². The standard InChI is InChI=1S/C14H15F3N4/c15-14(16,17)12-5-7-20-9-11(12)13(21-18)4-3-10-2-1-6-19-8-10/h1-2,5-9,13,21H,3-4,18H2. The van der Waals surface area contributed by atoms with E-state index in [0.717, 1.165) is 17.8 Å². The minimum atomic E-state index is -4.43. The Morgan fingerprint density at radius 1 is 1.14 bits per heavy atom. The molecule has 3 N–H and O–H groups in total. The van der Waals surface area contributed by atoms with Gasteiger partial charge in [0, 0.05) is 36.4 Å². The normalized spacial score (nSPS) is 13.1. The Bertz CT molecular complexity index is 572. The summed E-state index contributed by atoms with van der Waals surface area (Å²) in [6.45, 7) is 0. The molecule has 7 heteroatoms. The van der Waals surface area contributed by atoms with Crippen LogP contribution in [0.2, 0.25) is 0 Å². The third kappa shape index (κ3) is 3.99. The van der Waals surface area contributed by atoms with Crippen molar-refractivity contribution in [1.82, 2.24) is 15.4 Å². The zero-order valence-electron chi connectivity index (χ0n) is 11.1. The number of nitrogens with zero attached hydrogens (tertiary/aromatic N) is 2. The number of hydrazine groups is 1. The predicted octanol–water partition coefficient (Wildman–Crippen LogP) is 2.63. The van der Waals surface area contributed by atoms with E-state index in [1.165, 1.54) is 6.20 Å². The average molecular weight is 296 g/mol. The lowest BCUT2D eigenvalue weighted by molar-refractivity contribution is -0.138. The van der Waals surface area contributed by atoms with Gasteiger partial charge < -0.3 is 0 Å². The molecule has 2 aromatic heterocycles. The Labute approximate surface area is 120 Å². The number of pyridine rings is 2. The lowest BCUT2D eigenvalue weighted by atomic mass is 9.97. The molecular weight excluding hydrogens is 281 g/mol. The molecule has 2 rings (SSSR count). The lowest BCUT2D eigenvalue weighted by Gasteiger charge is -2.20. The number of rotatable bonds is 5. The van der Waals surface area contributed by atoms with Gasteiger partial charge in [-0.1, -0.05) is 6.07 Å². The Morgan fingerprint density at radius 3 is 2.52 bits per heavy atom. The highest BCUT2D eigenvalue weighted by Crippen LogP contribution is 2.34. The Hall–Kier alpha value is -1.99. The molecule has 2 heterocycles. The number of alkyl halides is 3. The molecular formula is C14H15F3N4. The molecule has 2 aromatic rings. The first-order valence-electron chi connectivity index (χ1n) is 6.38. The smallest absolute Gasteiger partial charge is 0.271 e. The highest BCUT2D eigenvalue weighted by Gasteiger charge is 2.35. The summed E-state index contributed by atoms with van der Waals surface area (Å²) in [7, 11) is 0. The van der Waals surface area contributed by atoms with Gasteiger partial charge in [0.2, 0.25) is 0 Å². The van der Waals surface area contributed by atoms with Crippen molar-refractivity contribution in [3.63, 3.8) is 0 Å². The SMILES string of the molecule is NNC(CCc1cccnc1)c1cnccc1C(F)(F)F. The molecule has 0 bridgehead atoms. The summed E-state index contributed by atoms with van der Waals surface area (Å²) in [5.74, 6) is 5.42. The summed E-state index contributed by atoms with van der Waals surface area (Å²) in [6, 6.07) is 3.99. The second kappa shape index (κ2) is 6.64. The van der Waals surface area contributed by atoms with Crippen LogP contribution in [-0.2, 0) is 12.6 Å². The fourth-order valence-electron chi connectivity index (χ4n) is 2.13. The van der Waals surface area contributed by atoms with Gasteiger partial charge in [0.25, 0.3) is 0 Å². The van der Waals surface area contributed by atoms with Gasteiger partial charge >= 0.3 is 6.18 Å². The Kier molecular flexibility index (Phi) is 4.87. The number of aromatic nitrogens is 2. The van der Waals surface area contributed by atoms with Crippen LogP contribution >= 0.6 is 0 Å². The fourth-order valence-corrected chi connectivity index (χ4v) is 2.13. The third-order valence-electron chi connectivity index (χ3n) is 3.18. The van der Waals surface area contributed by atoms with Crippen molar-refractivity contribution in [2.45, 2.75) is 25.1 Å². The van der Waals surface area contributed by atoms with Crippen LogP contribution in [0.15, 0.2) is 43.0 Å². The number of hydrogen-bond donors (Lipinski definition) is 2. The van der Waals surface area contributed by atoms with Gasteiger partial charge in [-0.25, -0.2) is 0 Å². The van der Waals surface area contributed by atoms with E-state index in [4.69, 9.17) is 5.84 Å². The summed E-state index contributed by atoms with van der Waals surface area (Å²) in [5.41, 5.74) is 2.72. The van der Waals surface area contributed by atoms with Gasteiger partial charge in [0.05, 0.1) is 5.56 Å². The molecule has 0 aliphatic carbocycles. The average Bonchev–Trinajstić information content (AvgIpc) is 2.48. The molecule has 112 valence electrons. The minimum absolute atomic E-state index is 0.0522. The van der Waals surface area contributed by atoms with E-state index in [9.17, 15) is 13.2 Å². The number of halogens is 3. The maximum absolute atomic E-state index is 13.0. The zero-order valence-corrected chi connectivity index (χ0v) is 11.1. The molecule has 0 aromatic carbocycles. The van der Waals surface area contributed by atoms with Crippen molar-refractivity contribution in [2.24, 2.45) is 5.84 Å². The first kappa shape index (κ1) is 15.4. The van der Waals surface area contributed by atoms with E-state index < -0.39 is 17.8 Å². The van der Waals surface area contributed by atoms with Gasteiger partial charge in [0.15, 0.2) is 0 Å². The second-order valence-corrected chi connectivity index (χ2v) is 4.58. The highest BCUT2D eigenvalue weighted by atomic mass is 19.4. The summed E-state index contributed by atoms with van der Waals surface area (Å²) < 4.78 is 39.0. The quantitative estimate of drug-likeness (QED) is 0.657. The molecule has 0 fully saturated rings. The van der Waals surface area contributed by atoms with Crippen molar-refractivity contribution in [1.29, 1.82) is 0 Å². The van der Waals surface area contributed by atoms with Crippen LogP contribution in [0.25, 0.3) is 0 Å². The summed E-state index contributed by atoms with van der Waals surface area (Å²) in [4.78, 5) is 7.75. The van der Waals surface area contributed by atoms with E-state index >= 15 is 0 Å². The fraction of sp³-hybridized carbons (Fsp3) is 0.286. The van der Waals surface area contributed by atoms with Crippen molar-refractivity contribution in [3.8, 4) is 0 Å². The van der Waals surface area contributed by atoms with Gasteiger partial charge in [0.1, 0.15) is 0 Å². The molecule has 0 radical (unpaired) electrons. The van der Waals surface area contributed by atoms with E-state index in [2.05, 4.69) is 15.4 Å². The molecule has 1 atom stereocenters. The van der Waals surface area contributed by atoms with Gasteiger partial charge in [-0.05, 0) is 30.5 Å². The first-order valence-corrected chi connectivity index (χ1v) is 6.38. The topological polar surface area (TPSA) is 63.8 Å². The number of nitrogens with one attached hydrogen (secondary N) is 1. The minimum Gasteiger partial charge on any atom is -0.271 e. The molecule has 0 amide bonds. The van der Waals surface area contributed by atoms with Crippen molar-refractivity contribution < 1.29 is 13.2 Å². The number of nitrogens with two attached hydrogens (primary N) is 1. The van der Waals surface area contributed by atoms with Crippen LogP contribution in [0.4, 0.5) is 13.2 Å². The maximum Gasteiger partial charge on any atom is 0.416 e. The van der Waals surface area contributed by atoms with E-state index in [-0.39, 0.29) is 5.56 Å². The lowest BCUT2D eigenvalue weighted by Crippen LogP contribution is -2.30. The molecule has 21 heavy (non-hydrogen) atoms. The molecule has 0 aliphatic rings. The summed E-state index contributed by atoms with van der Waals surface area (Å²) in [6.07, 6.45) is 2.21. The maximum atomic E-state index is 13.0. The second-order valence-electron chi connectivity index (χ2n) is 4.58. The van der Waals surface area contributed by atoms with Crippen LogP contribution in [0.3, 0.4) is 0 Å². The van der Waals surface area contributed by atoms with Crippen molar-refractivity contribution >= 4 is 0 Å². The van der Waals surface area contributed by atoms with Crippen LogP contribution in [0.5, 0.6) is 0 Å². The molecule has 0 aliphatic heterocycles. The van der Waals surface area contributed by atoms with Crippen LogP contribution in [0.1, 0.15) is 29.2 Å². The van der Waals surface area contributed by atoms with Gasteiger partial charge in [-0.15, -0.1) is 0 Å². The van der Waals surface area contributed by atoms with Gasteiger partial charge in [-0.3, -0.25) is 21.2 Å². The predicted molar refractivity (Wildman–Crippen MR) is 71.9 cm³/mol. The van der Waals surface area contributed by atoms with Crippen LogP contribution in [0, 0.1) is 0 Å². The first-order chi connectivity index (χ1) is 10.0. The van der Waals surface area contributed by atoms with Crippen LogP contribution < -0.4 is 11.3 Å². The summed E-state index contributed by atoms with van der Waals surface area (Å²) in [5, 5.41) is 0. The third-order valence-corrected chi connectivity index (χ3v) is 3.18. The molecule has 0 spiro atoms. The highest BCUT2D eigenvalue weighted by molar-refractivity contribution is 5.29. The largest absolute Gasteiger partial charge is 0.416 e. The molecule has 4 nitrogen and oxygen atoms in total. The van der Waals surface area contributed by atoms with Crippen molar-refractivity contribution in [3.05, 3.63) is 59.7 Å². The monoisotopic (exact) mass is 296 g/mol. The zero-order chi connectivity index (χ0) is 15.3. The van der Waals surface area contributed by atoms with E-state index in [0.29, 0.717) is 12.8 Å². The summed E-state index contributed by atoms with van der Waals surface area (Å²) >= 11 is 0. The van der Waals surface area contributed by atoms with Crippen LogP contribution in [-0.4, -0.2) is 9.97 Å². The Balaban J connectivity index is 2.18. The number of hydrogen-bond acceptors (Lipinski definition) is 4.